The number of amidine groups is 1. The highest BCUT2D eigenvalue weighted by molar-refractivity contribution is 6.28. The van der Waals surface area contributed by atoms with Gasteiger partial charge in [0.15, 0.2) is 0 Å². The van der Waals surface area contributed by atoms with Crippen LogP contribution in [-0.4, -0.2) is 64.6 Å². The molecule has 0 unspecified atom stereocenters. The van der Waals surface area contributed by atoms with Crippen molar-refractivity contribution >= 4 is 29.0 Å². The first-order chi connectivity index (χ1) is 19.8. The summed E-state index contributed by atoms with van der Waals surface area (Å²) in [6, 6.07) is 13.3. The molecule has 1 saturated heterocycles. The third kappa shape index (κ3) is 7.29. The maximum Gasteiger partial charge on any atom is 0.146 e. The summed E-state index contributed by atoms with van der Waals surface area (Å²) < 4.78 is 20.7. The average molecular weight is 555 g/mol. The summed E-state index contributed by atoms with van der Waals surface area (Å²) in [7, 11) is 1.71. The number of hydrogen-bond acceptors (Lipinski definition) is 7. The predicted octanol–water partition coefficient (Wildman–Crippen LogP) is 4.36. The molecule has 41 heavy (non-hydrogen) atoms. The van der Waals surface area contributed by atoms with Crippen LogP contribution in [0.3, 0.4) is 0 Å². The van der Waals surface area contributed by atoms with Gasteiger partial charge in [-0.05, 0) is 80.4 Å². The second kappa shape index (κ2) is 13.6. The number of benzene rings is 1. The molecule has 0 aliphatic carbocycles. The van der Waals surface area contributed by atoms with Crippen molar-refractivity contribution < 1.29 is 9.13 Å². The Morgan fingerprint density at radius 2 is 1.78 bits per heavy atom. The number of ether oxygens (including phenoxy) is 1. The average Bonchev–Trinajstić information content (AvgIpc) is 3.00. The SMILES string of the molecule is CN=C(C(=C(N)c1ccc(F)cc1)c1ccc(=N)n(/C=C/C(C)=C(\C)N=C(C)c2cccnc2)n1)N1CCOCC1. The molecule has 4 rings (SSSR count). The predicted molar refractivity (Wildman–Crippen MR) is 161 cm³/mol. The minimum absolute atomic E-state index is 0.187. The Kier molecular flexibility index (Phi) is 9.70. The highest BCUT2D eigenvalue weighted by Gasteiger charge is 2.24. The van der Waals surface area contributed by atoms with Crippen LogP contribution in [0.15, 0.2) is 88.3 Å². The van der Waals surface area contributed by atoms with E-state index in [0.717, 1.165) is 22.5 Å². The van der Waals surface area contributed by atoms with Crippen LogP contribution in [0, 0.1) is 11.2 Å². The second-order valence-corrected chi connectivity index (χ2v) is 9.51. The minimum Gasteiger partial charge on any atom is -0.398 e. The van der Waals surface area contributed by atoms with E-state index in [-0.39, 0.29) is 11.3 Å². The maximum atomic E-state index is 13.7. The zero-order chi connectivity index (χ0) is 29.4. The Morgan fingerprint density at radius 3 is 2.44 bits per heavy atom. The number of aliphatic imine (C=N–C) groups is 2. The first-order valence-corrected chi connectivity index (χ1v) is 13.3. The number of aromatic nitrogens is 3. The van der Waals surface area contributed by atoms with Crippen LogP contribution in [0.2, 0.25) is 0 Å². The van der Waals surface area contributed by atoms with E-state index in [4.69, 9.17) is 26.0 Å². The van der Waals surface area contributed by atoms with Gasteiger partial charge in [0.2, 0.25) is 0 Å². The van der Waals surface area contributed by atoms with E-state index < -0.39 is 0 Å². The standard InChI is InChI=1S/C31H35FN8O/c1-21(22(2)37-23(3)25-6-5-14-36-20-25)13-15-40-28(33)12-11-27(38-40)29(30(34)24-7-9-26(32)10-8-24)31(35-4)39-16-18-41-19-17-39/h5-15,20,33H,16-19,34H2,1-4H3/b15-13+,22-21+,30-29?,33-28?,35-31?,37-23?. The Labute approximate surface area is 239 Å². The molecule has 212 valence electrons. The highest BCUT2D eigenvalue weighted by Crippen LogP contribution is 2.25. The first-order valence-electron chi connectivity index (χ1n) is 13.3. The number of morpholine rings is 1. The van der Waals surface area contributed by atoms with Crippen LogP contribution in [0.1, 0.15) is 37.6 Å². The van der Waals surface area contributed by atoms with Crippen molar-refractivity contribution in [1.29, 1.82) is 5.41 Å². The molecular formula is C31H35FN8O. The van der Waals surface area contributed by atoms with E-state index in [1.54, 1.807) is 49.9 Å². The van der Waals surface area contributed by atoms with E-state index >= 15 is 0 Å². The summed E-state index contributed by atoms with van der Waals surface area (Å²) in [5.74, 6) is 0.307. The van der Waals surface area contributed by atoms with E-state index in [0.29, 0.717) is 54.7 Å². The van der Waals surface area contributed by atoms with Crippen molar-refractivity contribution in [2.24, 2.45) is 15.7 Å². The number of halogens is 1. The lowest BCUT2D eigenvalue weighted by Gasteiger charge is -2.31. The molecular weight excluding hydrogens is 519 g/mol. The van der Waals surface area contributed by atoms with Crippen molar-refractivity contribution in [3.63, 3.8) is 0 Å². The lowest BCUT2D eigenvalue weighted by atomic mass is 10.0. The van der Waals surface area contributed by atoms with Crippen LogP contribution in [0.25, 0.3) is 17.5 Å². The fourth-order valence-electron chi connectivity index (χ4n) is 4.30. The second-order valence-electron chi connectivity index (χ2n) is 9.51. The number of nitrogens with zero attached hydrogens (tertiary/aromatic N) is 6. The molecule has 10 heteroatoms. The Morgan fingerprint density at radius 1 is 1.05 bits per heavy atom. The Balaban J connectivity index is 1.75. The summed E-state index contributed by atoms with van der Waals surface area (Å²) in [5, 5.41) is 13.2. The van der Waals surface area contributed by atoms with Gasteiger partial charge in [-0.1, -0.05) is 6.07 Å². The number of pyridine rings is 1. The zero-order valence-corrected chi connectivity index (χ0v) is 23.8. The fourth-order valence-corrected chi connectivity index (χ4v) is 4.30. The summed E-state index contributed by atoms with van der Waals surface area (Å²) in [5.41, 5.74) is 12.7. The zero-order valence-electron chi connectivity index (χ0n) is 23.8. The van der Waals surface area contributed by atoms with Gasteiger partial charge in [-0.3, -0.25) is 20.4 Å². The van der Waals surface area contributed by atoms with Crippen molar-refractivity contribution in [1.82, 2.24) is 19.7 Å². The topological polar surface area (TPSA) is 118 Å². The summed E-state index contributed by atoms with van der Waals surface area (Å²) in [6.45, 7) is 8.26. The molecule has 0 atom stereocenters. The molecule has 2 aromatic heterocycles. The Hall–Kier alpha value is -4.70. The van der Waals surface area contributed by atoms with E-state index in [9.17, 15) is 4.39 Å². The molecule has 0 bridgehead atoms. The lowest BCUT2D eigenvalue weighted by Crippen LogP contribution is -2.42. The molecule has 0 amide bonds. The molecule has 1 fully saturated rings. The summed E-state index contributed by atoms with van der Waals surface area (Å²) in [6.07, 6.45) is 7.10. The van der Waals surface area contributed by atoms with E-state index in [2.05, 4.69) is 14.9 Å². The van der Waals surface area contributed by atoms with Crippen LogP contribution in [0.5, 0.6) is 0 Å². The molecule has 3 aromatic rings. The Bertz CT molecular complexity index is 1580. The quantitative estimate of drug-likeness (QED) is 0.256. The number of allylic oxidation sites excluding steroid dienone is 3. The molecule has 1 aromatic carbocycles. The lowest BCUT2D eigenvalue weighted by molar-refractivity contribution is 0.0686. The van der Waals surface area contributed by atoms with Gasteiger partial charge in [0.25, 0.3) is 0 Å². The number of rotatable bonds is 7. The van der Waals surface area contributed by atoms with Gasteiger partial charge in [0.05, 0.1) is 30.2 Å². The van der Waals surface area contributed by atoms with Gasteiger partial charge in [0, 0.05) is 55.7 Å². The van der Waals surface area contributed by atoms with E-state index in [1.807, 2.05) is 39.0 Å². The summed E-state index contributed by atoms with van der Waals surface area (Å²) >= 11 is 0. The largest absolute Gasteiger partial charge is 0.398 e. The van der Waals surface area contributed by atoms with Gasteiger partial charge in [-0.2, -0.15) is 5.10 Å². The monoisotopic (exact) mass is 554 g/mol. The number of nitrogens with two attached hydrogens (primary N) is 1. The third-order valence-corrected chi connectivity index (χ3v) is 6.74. The minimum atomic E-state index is -0.348. The molecule has 0 spiro atoms. The molecule has 1 aliphatic heterocycles. The van der Waals surface area contributed by atoms with Crippen molar-refractivity contribution in [3.8, 4) is 0 Å². The maximum absolute atomic E-state index is 13.7. The van der Waals surface area contributed by atoms with Gasteiger partial charge >= 0.3 is 0 Å². The molecule has 3 heterocycles. The fraction of sp³-hybridized carbons (Fsp3) is 0.258. The van der Waals surface area contributed by atoms with Gasteiger partial charge < -0.3 is 15.4 Å². The number of hydrogen-bond donors (Lipinski definition) is 2. The summed E-state index contributed by atoms with van der Waals surface area (Å²) in [4.78, 5) is 15.6. The van der Waals surface area contributed by atoms with Crippen molar-refractivity contribution in [2.45, 2.75) is 20.8 Å². The van der Waals surface area contributed by atoms with Crippen LogP contribution in [0.4, 0.5) is 4.39 Å². The molecule has 9 nitrogen and oxygen atoms in total. The smallest absolute Gasteiger partial charge is 0.146 e. The van der Waals surface area contributed by atoms with E-state index in [1.165, 1.54) is 16.8 Å². The van der Waals surface area contributed by atoms with Crippen LogP contribution < -0.4 is 11.2 Å². The number of nitrogens with one attached hydrogen (secondary N) is 1. The molecule has 3 N–H and O–H groups in total. The highest BCUT2D eigenvalue weighted by atomic mass is 19.1. The molecule has 1 aliphatic rings. The van der Waals surface area contributed by atoms with Gasteiger partial charge in [-0.25, -0.2) is 9.07 Å². The van der Waals surface area contributed by atoms with Crippen molar-refractivity contribution in [2.75, 3.05) is 33.4 Å². The van der Waals surface area contributed by atoms with Crippen LogP contribution >= 0.6 is 0 Å². The molecule has 0 radical (unpaired) electrons. The molecule has 0 saturated carbocycles. The third-order valence-electron chi connectivity index (χ3n) is 6.74. The first kappa shape index (κ1) is 29.3. The van der Waals surface area contributed by atoms with Gasteiger partial charge in [0.1, 0.15) is 17.1 Å². The normalized spacial score (nSPS) is 16.1. The van der Waals surface area contributed by atoms with Gasteiger partial charge in [-0.15, -0.1) is 0 Å². The van der Waals surface area contributed by atoms with Crippen LogP contribution in [-0.2, 0) is 4.74 Å². The van der Waals surface area contributed by atoms with Crippen molar-refractivity contribution in [3.05, 3.63) is 106 Å².